The van der Waals surface area contributed by atoms with Crippen molar-refractivity contribution in [3.8, 4) is 0 Å². The van der Waals surface area contributed by atoms with Crippen molar-refractivity contribution in [2.45, 2.75) is 45.6 Å². The smallest absolute Gasteiger partial charge is 0.374 e. The Bertz CT molecular complexity index is 230. The molecule has 0 aromatic carbocycles. The molecule has 0 aromatic rings. The van der Waals surface area contributed by atoms with Crippen molar-refractivity contribution in [1.82, 2.24) is 0 Å². The molecule has 3 nitrogen and oxygen atoms in total. The van der Waals surface area contributed by atoms with E-state index < -0.39 is 5.97 Å². The summed E-state index contributed by atoms with van der Waals surface area (Å²) < 4.78 is 4.97. The van der Waals surface area contributed by atoms with Crippen LogP contribution in [0.15, 0.2) is 11.3 Å². The van der Waals surface area contributed by atoms with Gasteiger partial charge in [-0.05, 0) is 19.8 Å². The van der Waals surface area contributed by atoms with Gasteiger partial charge in [0.1, 0.15) is 6.10 Å². The van der Waals surface area contributed by atoms with Crippen molar-refractivity contribution in [2.75, 3.05) is 0 Å². The summed E-state index contributed by atoms with van der Waals surface area (Å²) in [5.74, 6) is -0.763. The van der Waals surface area contributed by atoms with Gasteiger partial charge in [0.15, 0.2) is 0 Å². The Hall–Kier alpha value is -0.990. The second kappa shape index (κ2) is 4.30. The summed E-state index contributed by atoms with van der Waals surface area (Å²) in [6, 6.07) is 0. The number of esters is 1. The fourth-order valence-electron chi connectivity index (χ4n) is 1.44. The monoisotopic (exact) mass is 184 g/mol. The third-order valence-electron chi connectivity index (χ3n) is 2.37. The van der Waals surface area contributed by atoms with Crippen molar-refractivity contribution in [2.24, 2.45) is 0 Å². The molecule has 1 atom stereocenters. The Kier molecular flexibility index (Phi) is 3.34. The van der Waals surface area contributed by atoms with Crippen LogP contribution in [-0.4, -0.2) is 17.2 Å². The van der Waals surface area contributed by atoms with Crippen LogP contribution in [0.25, 0.3) is 0 Å². The second-order valence-corrected chi connectivity index (χ2v) is 3.42. The average Bonchev–Trinajstić information content (AvgIpc) is 2.34. The van der Waals surface area contributed by atoms with E-state index in [1.165, 1.54) is 0 Å². The minimum absolute atomic E-state index is 0.181. The van der Waals surface area contributed by atoms with Crippen molar-refractivity contribution < 1.29 is 14.6 Å². The minimum atomic E-state index is -0.570. The molecule has 1 rings (SSSR count). The van der Waals surface area contributed by atoms with Gasteiger partial charge in [-0.1, -0.05) is 19.8 Å². The van der Waals surface area contributed by atoms with Crippen molar-refractivity contribution >= 4 is 5.97 Å². The molecule has 13 heavy (non-hydrogen) atoms. The molecule has 1 N–H and O–H groups in total. The third kappa shape index (κ3) is 2.23. The van der Waals surface area contributed by atoms with Crippen LogP contribution in [-0.2, 0) is 9.53 Å². The van der Waals surface area contributed by atoms with E-state index in [9.17, 15) is 9.90 Å². The van der Waals surface area contributed by atoms with Crippen molar-refractivity contribution in [3.63, 3.8) is 0 Å². The molecule has 1 aliphatic rings. The molecule has 0 bridgehead atoms. The van der Waals surface area contributed by atoms with Gasteiger partial charge in [-0.3, -0.25) is 0 Å². The van der Waals surface area contributed by atoms with Crippen LogP contribution in [0.2, 0.25) is 0 Å². The molecule has 0 saturated heterocycles. The molecule has 0 aromatic heterocycles. The highest BCUT2D eigenvalue weighted by molar-refractivity contribution is 5.89. The van der Waals surface area contributed by atoms with E-state index in [0.717, 1.165) is 25.7 Å². The number of carbonyl (C=O) groups excluding carboxylic acids is 1. The Balaban J connectivity index is 2.42. The highest BCUT2D eigenvalue weighted by atomic mass is 16.6. The zero-order valence-corrected chi connectivity index (χ0v) is 8.17. The molecule has 74 valence electrons. The zero-order chi connectivity index (χ0) is 9.84. The minimum Gasteiger partial charge on any atom is -0.502 e. The lowest BCUT2D eigenvalue weighted by molar-refractivity contribution is -0.142. The number of aliphatic hydroxyl groups is 1. The standard InChI is InChI=1S/C10H16O3/c1-3-4-5-6-8-7(2)9(11)10(12)13-8/h8,11H,3-6H2,1-2H3. The number of unbranched alkanes of at least 4 members (excludes halogenated alkanes) is 2. The number of hydrogen-bond acceptors (Lipinski definition) is 3. The first kappa shape index (κ1) is 10.1. The van der Waals surface area contributed by atoms with Crippen LogP contribution in [0, 0.1) is 0 Å². The van der Waals surface area contributed by atoms with E-state index in [2.05, 4.69) is 6.92 Å². The van der Waals surface area contributed by atoms with Crippen molar-refractivity contribution in [3.05, 3.63) is 11.3 Å². The summed E-state index contributed by atoms with van der Waals surface area (Å²) in [5.41, 5.74) is 0.682. The largest absolute Gasteiger partial charge is 0.502 e. The van der Waals surface area contributed by atoms with Gasteiger partial charge in [0.05, 0.1) is 0 Å². The van der Waals surface area contributed by atoms with Gasteiger partial charge in [-0.25, -0.2) is 4.79 Å². The molecule has 0 saturated carbocycles. The Morgan fingerprint density at radius 2 is 2.15 bits per heavy atom. The van der Waals surface area contributed by atoms with Crippen LogP contribution in [0.1, 0.15) is 39.5 Å². The molecule has 3 heteroatoms. The van der Waals surface area contributed by atoms with E-state index >= 15 is 0 Å². The van der Waals surface area contributed by atoms with Gasteiger partial charge in [-0.2, -0.15) is 0 Å². The molecular weight excluding hydrogens is 168 g/mol. The lowest BCUT2D eigenvalue weighted by Gasteiger charge is -2.09. The maximum absolute atomic E-state index is 10.9. The van der Waals surface area contributed by atoms with Crippen LogP contribution >= 0.6 is 0 Å². The normalized spacial score (nSPS) is 22.3. The number of ether oxygens (including phenoxy) is 1. The topological polar surface area (TPSA) is 46.5 Å². The molecule has 0 aliphatic carbocycles. The highest BCUT2D eigenvalue weighted by Gasteiger charge is 2.30. The lowest BCUT2D eigenvalue weighted by atomic mass is 10.1. The number of carbonyl (C=O) groups is 1. The van der Waals surface area contributed by atoms with E-state index in [1.54, 1.807) is 6.92 Å². The zero-order valence-electron chi connectivity index (χ0n) is 8.17. The number of cyclic esters (lactones) is 1. The number of hydrogen-bond donors (Lipinski definition) is 1. The van der Waals surface area contributed by atoms with Crippen LogP contribution in [0.5, 0.6) is 0 Å². The average molecular weight is 184 g/mol. The fraction of sp³-hybridized carbons (Fsp3) is 0.700. The highest BCUT2D eigenvalue weighted by Crippen LogP contribution is 2.24. The second-order valence-electron chi connectivity index (χ2n) is 3.42. The van der Waals surface area contributed by atoms with E-state index in [4.69, 9.17) is 4.74 Å². The molecule has 1 aliphatic heterocycles. The first-order valence-electron chi connectivity index (χ1n) is 4.77. The maximum atomic E-state index is 10.9. The van der Waals surface area contributed by atoms with Crippen LogP contribution < -0.4 is 0 Å². The van der Waals surface area contributed by atoms with Crippen molar-refractivity contribution in [1.29, 1.82) is 0 Å². The Morgan fingerprint density at radius 1 is 1.46 bits per heavy atom. The predicted molar refractivity (Wildman–Crippen MR) is 49.4 cm³/mol. The predicted octanol–water partition coefficient (Wildman–Crippen LogP) is 2.32. The van der Waals surface area contributed by atoms with Gasteiger partial charge in [0.2, 0.25) is 5.76 Å². The third-order valence-corrected chi connectivity index (χ3v) is 2.37. The molecule has 1 heterocycles. The Labute approximate surface area is 78.4 Å². The van der Waals surface area contributed by atoms with E-state index in [0.29, 0.717) is 5.57 Å². The summed E-state index contributed by atoms with van der Waals surface area (Å²) in [6.07, 6.45) is 3.98. The molecular formula is C10H16O3. The number of rotatable bonds is 4. The van der Waals surface area contributed by atoms with Crippen LogP contribution in [0.3, 0.4) is 0 Å². The fourth-order valence-corrected chi connectivity index (χ4v) is 1.44. The first-order valence-corrected chi connectivity index (χ1v) is 4.77. The summed E-state index contributed by atoms with van der Waals surface area (Å²) in [7, 11) is 0. The molecule has 0 radical (unpaired) electrons. The van der Waals surface area contributed by atoms with Gasteiger partial charge in [0, 0.05) is 5.57 Å². The number of aliphatic hydroxyl groups excluding tert-OH is 1. The van der Waals surface area contributed by atoms with Crippen LogP contribution in [0.4, 0.5) is 0 Å². The summed E-state index contributed by atoms with van der Waals surface area (Å²) in [4.78, 5) is 10.9. The molecule has 0 fully saturated rings. The lowest BCUT2D eigenvalue weighted by Crippen LogP contribution is -2.10. The summed E-state index contributed by atoms with van der Waals surface area (Å²) >= 11 is 0. The Morgan fingerprint density at radius 3 is 2.62 bits per heavy atom. The van der Waals surface area contributed by atoms with Gasteiger partial charge in [0.25, 0.3) is 0 Å². The maximum Gasteiger partial charge on any atom is 0.374 e. The van der Waals surface area contributed by atoms with E-state index in [1.807, 2.05) is 0 Å². The summed E-state index contributed by atoms with van der Waals surface area (Å²) in [6.45, 7) is 3.87. The molecule has 0 amide bonds. The quantitative estimate of drug-likeness (QED) is 0.538. The molecule has 1 unspecified atom stereocenters. The first-order chi connectivity index (χ1) is 6.16. The van der Waals surface area contributed by atoms with Gasteiger partial charge >= 0.3 is 5.97 Å². The van der Waals surface area contributed by atoms with Gasteiger partial charge in [-0.15, -0.1) is 0 Å². The SMILES string of the molecule is CCCCCC1OC(=O)C(O)=C1C. The van der Waals surface area contributed by atoms with Gasteiger partial charge < -0.3 is 9.84 Å². The summed E-state index contributed by atoms with van der Waals surface area (Å²) in [5, 5.41) is 9.20. The van der Waals surface area contributed by atoms with E-state index in [-0.39, 0.29) is 11.9 Å². The molecule has 0 spiro atoms.